The first-order chi connectivity index (χ1) is 14.5. The van der Waals surface area contributed by atoms with E-state index in [4.69, 9.17) is 0 Å². The van der Waals surface area contributed by atoms with Gasteiger partial charge in [0.25, 0.3) is 0 Å². The Morgan fingerprint density at radius 2 is 1.80 bits per heavy atom. The van der Waals surface area contributed by atoms with Crippen molar-refractivity contribution in [1.82, 2.24) is 19.3 Å². The van der Waals surface area contributed by atoms with Gasteiger partial charge in [0.05, 0.1) is 5.69 Å². The van der Waals surface area contributed by atoms with Crippen LogP contribution in [0, 0.1) is 11.6 Å². The summed E-state index contributed by atoms with van der Waals surface area (Å²) < 4.78 is 30.0. The van der Waals surface area contributed by atoms with Crippen LogP contribution in [-0.4, -0.2) is 25.8 Å². The molecule has 7 heteroatoms. The summed E-state index contributed by atoms with van der Waals surface area (Å²) >= 11 is 0. The zero-order chi connectivity index (χ0) is 20.8. The molecular weight excluding hydrogens is 386 g/mol. The number of nitrogens with one attached hydrogen (secondary N) is 1. The second-order valence-electron chi connectivity index (χ2n) is 7.60. The molecule has 1 N–H and O–H groups in total. The zero-order valence-electron chi connectivity index (χ0n) is 16.4. The van der Waals surface area contributed by atoms with Crippen molar-refractivity contribution < 1.29 is 8.78 Å². The monoisotopic (exact) mass is 406 g/mol. The number of halogens is 2. The molecule has 0 bridgehead atoms. The van der Waals surface area contributed by atoms with Gasteiger partial charge < -0.3 is 4.98 Å². The molecular formula is C23H20F2N4O. The average Bonchev–Trinajstić information content (AvgIpc) is 3.20. The van der Waals surface area contributed by atoms with Gasteiger partial charge in [0.15, 0.2) is 0 Å². The lowest BCUT2D eigenvalue weighted by Crippen LogP contribution is -2.36. The summed E-state index contributed by atoms with van der Waals surface area (Å²) in [4.78, 5) is 22.3. The van der Waals surface area contributed by atoms with Gasteiger partial charge in [-0.3, -0.25) is 9.30 Å². The van der Waals surface area contributed by atoms with Crippen LogP contribution < -0.4 is 5.69 Å². The molecule has 0 saturated carbocycles. The minimum absolute atomic E-state index is 0.132. The van der Waals surface area contributed by atoms with Gasteiger partial charge in [0.1, 0.15) is 17.3 Å². The third kappa shape index (κ3) is 3.02. The molecule has 30 heavy (non-hydrogen) atoms. The predicted molar refractivity (Wildman–Crippen MR) is 110 cm³/mol. The molecule has 1 atom stereocenters. The fourth-order valence-corrected chi connectivity index (χ4v) is 4.20. The third-order valence-corrected chi connectivity index (χ3v) is 5.88. The van der Waals surface area contributed by atoms with Crippen molar-refractivity contribution >= 4 is 5.65 Å². The van der Waals surface area contributed by atoms with E-state index in [1.165, 1.54) is 16.5 Å². The summed E-state index contributed by atoms with van der Waals surface area (Å²) in [6.07, 6.45) is 2.19. The first kappa shape index (κ1) is 18.7. The number of benzene rings is 2. The highest BCUT2D eigenvalue weighted by atomic mass is 19.1. The Hall–Kier alpha value is -3.32. The Labute approximate surface area is 171 Å². The number of aromatic nitrogens is 3. The number of aromatic amines is 1. The normalized spacial score (nSPS) is 15.3. The van der Waals surface area contributed by atoms with Crippen LogP contribution in [0.4, 0.5) is 8.78 Å². The summed E-state index contributed by atoms with van der Waals surface area (Å²) in [5.74, 6) is -0.619. The van der Waals surface area contributed by atoms with Crippen molar-refractivity contribution in [2.75, 3.05) is 6.54 Å². The maximum atomic E-state index is 14.3. The maximum absolute atomic E-state index is 14.3. The highest BCUT2D eigenvalue weighted by molar-refractivity contribution is 5.65. The molecule has 5 nitrogen and oxygen atoms in total. The van der Waals surface area contributed by atoms with Gasteiger partial charge in [-0.25, -0.2) is 18.6 Å². The van der Waals surface area contributed by atoms with Crippen LogP contribution in [0.5, 0.6) is 0 Å². The van der Waals surface area contributed by atoms with Crippen molar-refractivity contribution in [3.63, 3.8) is 0 Å². The minimum atomic E-state index is -0.388. The number of rotatable bonds is 3. The fourth-order valence-electron chi connectivity index (χ4n) is 4.20. The van der Waals surface area contributed by atoms with E-state index in [1.54, 1.807) is 36.5 Å². The highest BCUT2D eigenvalue weighted by Gasteiger charge is 2.27. The summed E-state index contributed by atoms with van der Waals surface area (Å²) in [7, 11) is 0. The fraction of sp³-hybridized carbons (Fsp3) is 0.217. The largest absolute Gasteiger partial charge is 0.331 e. The molecule has 4 aromatic rings. The van der Waals surface area contributed by atoms with Crippen LogP contribution >= 0.6 is 0 Å². The van der Waals surface area contributed by atoms with Gasteiger partial charge in [0, 0.05) is 54.1 Å². The Balaban J connectivity index is 1.58. The number of hydrogen-bond donors (Lipinski definition) is 1. The number of H-pyrrole nitrogens is 1. The average molecular weight is 406 g/mol. The summed E-state index contributed by atoms with van der Waals surface area (Å²) in [6, 6.07) is 13.0. The molecule has 2 aromatic carbocycles. The Morgan fingerprint density at radius 3 is 2.57 bits per heavy atom. The molecule has 0 saturated heterocycles. The number of fused-ring (bicyclic) bond motifs is 3. The maximum Gasteiger partial charge on any atom is 0.331 e. The quantitative estimate of drug-likeness (QED) is 0.558. The highest BCUT2D eigenvalue weighted by Crippen LogP contribution is 2.30. The SMILES string of the molecule is CC(c1ccccc1F)N1CCc2[nH]c(=O)n3cc(-c4ccccc4F)nc3c2C1. The zero-order valence-corrected chi connectivity index (χ0v) is 16.4. The van der Waals surface area contributed by atoms with E-state index in [0.717, 1.165) is 11.3 Å². The van der Waals surface area contributed by atoms with Gasteiger partial charge in [-0.15, -0.1) is 0 Å². The Morgan fingerprint density at radius 1 is 1.07 bits per heavy atom. The molecule has 1 aliphatic rings. The lowest BCUT2D eigenvalue weighted by Gasteiger charge is -2.33. The van der Waals surface area contributed by atoms with Gasteiger partial charge in [-0.1, -0.05) is 30.3 Å². The molecule has 0 amide bonds. The second kappa shape index (κ2) is 7.18. The Bertz CT molecular complexity index is 1310. The first-order valence-electron chi connectivity index (χ1n) is 9.89. The minimum Gasteiger partial charge on any atom is -0.310 e. The number of nitrogens with zero attached hydrogens (tertiary/aromatic N) is 3. The molecule has 0 radical (unpaired) electrons. The lowest BCUT2D eigenvalue weighted by molar-refractivity contribution is 0.187. The standard InChI is InChI=1S/C23H20F2N4O/c1-14(15-6-2-4-8-18(15)24)28-11-10-20-17(12-28)22-26-21(13-29(22)23(30)27-20)16-7-3-5-9-19(16)25/h2-9,13-14H,10-12H2,1H3,(H,27,30). The lowest BCUT2D eigenvalue weighted by atomic mass is 10.0. The molecule has 0 spiro atoms. The van der Waals surface area contributed by atoms with Crippen molar-refractivity contribution in [1.29, 1.82) is 0 Å². The van der Waals surface area contributed by atoms with Crippen LogP contribution in [0.15, 0.2) is 59.5 Å². The first-order valence-corrected chi connectivity index (χ1v) is 9.89. The summed E-state index contributed by atoms with van der Waals surface area (Å²) in [5.41, 5.74) is 3.32. The van der Waals surface area contributed by atoms with E-state index in [2.05, 4.69) is 14.9 Å². The number of imidazole rings is 1. The van der Waals surface area contributed by atoms with E-state index in [-0.39, 0.29) is 23.4 Å². The van der Waals surface area contributed by atoms with Gasteiger partial charge in [0.2, 0.25) is 0 Å². The molecule has 2 aromatic heterocycles. The van der Waals surface area contributed by atoms with Crippen molar-refractivity contribution in [2.45, 2.75) is 25.9 Å². The van der Waals surface area contributed by atoms with E-state index >= 15 is 0 Å². The van der Waals surface area contributed by atoms with Gasteiger partial charge >= 0.3 is 5.69 Å². The number of hydrogen-bond acceptors (Lipinski definition) is 3. The van der Waals surface area contributed by atoms with E-state index in [1.807, 2.05) is 13.0 Å². The van der Waals surface area contributed by atoms with Crippen molar-refractivity contribution in [3.8, 4) is 11.3 Å². The molecule has 152 valence electrons. The van der Waals surface area contributed by atoms with E-state index in [9.17, 15) is 13.6 Å². The van der Waals surface area contributed by atoms with Crippen molar-refractivity contribution in [2.24, 2.45) is 0 Å². The smallest absolute Gasteiger partial charge is 0.310 e. The van der Waals surface area contributed by atoms with Crippen LogP contribution in [0.3, 0.4) is 0 Å². The van der Waals surface area contributed by atoms with Crippen LogP contribution in [-0.2, 0) is 13.0 Å². The summed E-state index contributed by atoms with van der Waals surface area (Å²) in [6.45, 7) is 3.18. The Kier molecular flexibility index (Phi) is 4.47. The molecule has 3 heterocycles. The topological polar surface area (TPSA) is 53.4 Å². The predicted octanol–water partition coefficient (Wildman–Crippen LogP) is 4.09. The van der Waals surface area contributed by atoms with Crippen LogP contribution in [0.25, 0.3) is 16.9 Å². The van der Waals surface area contributed by atoms with E-state index < -0.39 is 0 Å². The van der Waals surface area contributed by atoms with E-state index in [0.29, 0.717) is 42.0 Å². The van der Waals surface area contributed by atoms with Crippen LogP contribution in [0.2, 0.25) is 0 Å². The molecule has 1 aliphatic heterocycles. The molecule has 5 rings (SSSR count). The molecule has 0 fully saturated rings. The second-order valence-corrected chi connectivity index (χ2v) is 7.60. The molecule has 1 unspecified atom stereocenters. The molecule has 0 aliphatic carbocycles. The summed E-state index contributed by atoms with van der Waals surface area (Å²) in [5, 5.41) is 0. The van der Waals surface area contributed by atoms with Crippen LogP contribution in [0.1, 0.15) is 29.8 Å². The van der Waals surface area contributed by atoms with Gasteiger partial charge in [-0.05, 0) is 25.1 Å². The third-order valence-electron chi connectivity index (χ3n) is 5.88. The van der Waals surface area contributed by atoms with Crippen molar-refractivity contribution in [3.05, 3.63) is 93.7 Å². The van der Waals surface area contributed by atoms with Gasteiger partial charge in [-0.2, -0.15) is 0 Å².